The average molecular weight is 1970 g/mol. The molecule has 44 nitrogen and oxygen atoms in total. The first-order chi connectivity index (χ1) is 66.5. The Kier molecular flexibility index (Phi) is 38.2. The second kappa shape index (κ2) is 49.5. The number of aliphatic hydroxyl groups is 1. The summed E-state index contributed by atoms with van der Waals surface area (Å²) < 4.78 is 1.40. The highest BCUT2D eigenvalue weighted by Gasteiger charge is 2.47. The summed E-state index contributed by atoms with van der Waals surface area (Å²) in [5.41, 5.74) is 10.1. The van der Waals surface area contributed by atoms with Gasteiger partial charge in [-0.1, -0.05) is 116 Å². The number of likely N-dealkylation sites (N-methyl/N-ethyl adjacent to an activating group) is 3. The van der Waals surface area contributed by atoms with Crippen molar-refractivity contribution in [2.24, 2.45) is 23.3 Å². The van der Waals surface area contributed by atoms with Crippen LogP contribution in [0.25, 0.3) is 21.8 Å². The summed E-state index contributed by atoms with van der Waals surface area (Å²) in [7, 11) is 3.83. The molecule has 6 aromatic rings. The van der Waals surface area contributed by atoms with Crippen LogP contribution in [0.2, 0.25) is 0 Å². The Labute approximate surface area is 812 Å². The number of carboxylic acids is 1. The van der Waals surface area contributed by atoms with Crippen molar-refractivity contribution in [1.82, 2.24) is 87.2 Å². The van der Waals surface area contributed by atoms with E-state index in [9.17, 15) is 63.3 Å². The number of aliphatic carboxylic acids is 1. The fraction of sp³-hybridized carbons (Fsp3) is 0.537. The second-order valence-electron chi connectivity index (χ2n) is 37.0. The van der Waals surface area contributed by atoms with Crippen LogP contribution in [-0.4, -0.2) is 312 Å². The Morgan fingerprint density at radius 3 is 1.77 bits per heavy atom. The number of rotatable bonds is 23. The molecule has 15 atom stereocenters. The molecule has 17 amide bonds. The molecule has 2 saturated heterocycles. The summed E-state index contributed by atoms with van der Waals surface area (Å²) in [6, 6.07) is -3.77. The zero-order valence-electron chi connectivity index (χ0n) is 80.1. The van der Waals surface area contributed by atoms with E-state index in [1.165, 1.54) is 63.1 Å². The number of primary amides is 2. The van der Waals surface area contributed by atoms with Crippen molar-refractivity contribution < 1.29 is 102 Å². The molecule has 0 saturated carbocycles. The number of para-hydroxylation sites is 2. The van der Waals surface area contributed by atoms with Crippen molar-refractivity contribution in [2.45, 2.75) is 248 Å². The quantitative estimate of drug-likeness (QED) is 0.0308. The maximum absolute atomic E-state index is 16.3. The van der Waals surface area contributed by atoms with E-state index in [0.29, 0.717) is 52.2 Å². The third-order valence-electron chi connectivity index (χ3n) is 25.5. The summed E-state index contributed by atoms with van der Waals surface area (Å²) in [6.45, 7) is 8.47. The number of aromatic nitrogens is 2. The molecule has 10 rings (SSSR count). The standard InChI is InChI=1S/C95H129N21O23S/c1-11-13-23-70-88(132)104-61(34-49(3)4)85(129)110-68(83(127)101-43-75(97)120)47-140-48-76(121)102-64(36-52-27-29-55(117)30-28-52)91(135)111(8)51(7)82(126)106-66(40-74(96)119)93(137)115-33-19-26-71(115)89(133)109-67-42-100-79-78(80(124)81(79)125)98-32-31-60(84(128)108-65(92(136)113(10)72(24-14-12-2)95(139)112(70)9)38-54-44-114(46-77(122)123)69-25-18-16-21-58(54)69)103-86(130)62(37-53-41-99-59-22-17-15-20-57(53)59)105-90(134)73-39-56(118)45-116(73)94(138)63(35-50(5)6)107-87(67)131/h15-18,20-22,25,27-30,41,44,49-51,56,60-68,70-73,98-100,117-118H,11-14,19,23-24,26,31-40,42-43,45-48H2,1-10H3,(H2,96,119)(H2,97,120)(H,101,127)(H,102,121)(H,103,130)(H,104,132)(H,105,134)(H,106,126)(H,107,131)(H,108,128)(H,109,133)(H,110,129)(H,122,123)/t51-,56+,60-,61-,62-,63-,64-,65-,66-,67-,68-,70-,71-,72-,73-/m0/s1. The highest BCUT2D eigenvalue weighted by molar-refractivity contribution is 8.00. The number of aromatic amines is 1. The van der Waals surface area contributed by atoms with Crippen LogP contribution in [-0.2, 0) is 112 Å². The number of nitrogens with one attached hydrogen (secondary N) is 13. The molecule has 4 aliphatic heterocycles. The summed E-state index contributed by atoms with van der Waals surface area (Å²) in [5.74, 6) is -20.0. The fourth-order valence-electron chi connectivity index (χ4n) is 17.9. The Balaban J connectivity index is 1.11. The van der Waals surface area contributed by atoms with Crippen LogP contribution in [0.15, 0.2) is 94.8 Å². The zero-order chi connectivity index (χ0) is 102. The van der Waals surface area contributed by atoms with Crippen LogP contribution >= 0.6 is 11.8 Å². The van der Waals surface area contributed by atoms with Gasteiger partial charge in [0.2, 0.25) is 100 Å². The summed E-state index contributed by atoms with van der Waals surface area (Å²) >= 11 is 0.774. The number of aliphatic hydroxyl groups excluding tert-OH is 1. The zero-order valence-corrected chi connectivity index (χ0v) is 80.9. The van der Waals surface area contributed by atoms with E-state index < -0.39 is 295 Å². The maximum Gasteiger partial charge on any atom is 0.323 e. The third-order valence-corrected chi connectivity index (χ3v) is 26.5. The fourth-order valence-corrected chi connectivity index (χ4v) is 18.7. The van der Waals surface area contributed by atoms with Crippen molar-refractivity contribution in [3.63, 3.8) is 0 Å². The molecule has 2 bridgehead atoms. The normalized spacial score (nSPS) is 24.9. The molecule has 4 aliphatic rings. The number of amides is 17. The van der Waals surface area contributed by atoms with Crippen LogP contribution in [0, 0.1) is 11.8 Å². The largest absolute Gasteiger partial charge is 0.508 e. The molecule has 4 aromatic carbocycles. The molecule has 0 radical (unpaired) electrons. The first-order valence-electron chi connectivity index (χ1n) is 47.1. The Morgan fingerprint density at radius 2 is 1.11 bits per heavy atom. The lowest BCUT2D eigenvalue weighted by atomic mass is 9.99. The van der Waals surface area contributed by atoms with Crippen molar-refractivity contribution in [2.75, 3.05) is 76.0 Å². The van der Waals surface area contributed by atoms with Crippen molar-refractivity contribution >= 4 is 151 Å². The van der Waals surface area contributed by atoms with E-state index >= 15 is 47.9 Å². The van der Waals surface area contributed by atoms with Gasteiger partial charge >= 0.3 is 5.97 Å². The Hall–Kier alpha value is -14.0. The van der Waals surface area contributed by atoms with Gasteiger partial charge in [0.25, 0.3) is 10.9 Å². The number of benzene rings is 3. The summed E-state index contributed by atoms with van der Waals surface area (Å²) in [5, 5.41) is 65.3. The van der Waals surface area contributed by atoms with Gasteiger partial charge in [0.15, 0.2) is 0 Å². The molecule has 0 unspecified atom stereocenters. The average Bonchev–Trinajstić information content (AvgIpc) is 1.28. The molecule has 2 aromatic heterocycles. The minimum Gasteiger partial charge on any atom is -0.508 e. The second-order valence-corrected chi connectivity index (χ2v) is 38.0. The van der Waals surface area contributed by atoms with E-state index in [4.69, 9.17) is 11.5 Å². The predicted molar refractivity (Wildman–Crippen MR) is 515 cm³/mol. The van der Waals surface area contributed by atoms with E-state index in [2.05, 4.69) is 68.8 Å². The highest BCUT2D eigenvalue weighted by Crippen LogP contribution is 2.30. The van der Waals surface area contributed by atoms with E-state index in [0.717, 1.165) is 36.3 Å². The number of carbonyl (C=O) groups excluding carboxylic acids is 17. The van der Waals surface area contributed by atoms with Crippen molar-refractivity contribution in [1.29, 1.82) is 0 Å². The van der Waals surface area contributed by atoms with Crippen LogP contribution < -0.4 is 86.1 Å². The van der Waals surface area contributed by atoms with Gasteiger partial charge in [-0.15, -0.1) is 11.8 Å². The summed E-state index contributed by atoms with van der Waals surface area (Å²) in [6.07, 6.45) is -0.252. The van der Waals surface area contributed by atoms with E-state index in [-0.39, 0.29) is 81.6 Å². The van der Waals surface area contributed by atoms with E-state index in [1.807, 2.05) is 13.8 Å². The Morgan fingerprint density at radius 1 is 0.543 bits per heavy atom. The number of carboxylic acid groups (broad SMARTS) is 1. The lowest BCUT2D eigenvalue weighted by Gasteiger charge is -2.36. The van der Waals surface area contributed by atoms with Crippen LogP contribution in [0.1, 0.15) is 149 Å². The monoisotopic (exact) mass is 1960 g/mol. The number of phenols is 1. The third kappa shape index (κ3) is 28.0. The predicted octanol–water partition coefficient (Wildman–Crippen LogP) is -2.02. The number of anilines is 2. The number of nitrogens with two attached hydrogens (primary N) is 2. The number of phenolic OH excluding ortho intramolecular Hbond substituents is 1. The smallest absolute Gasteiger partial charge is 0.323 e. The molecule has 0 spiro atoms. The molecule has 758 valence electrons. The number of nitrogens with zero attached hydrogens (tertiary/aromatic N) is 6. The first kappa shape index (κ1) is 108. The minimum atomic E-state index is -1.88. The number of aromatic hydroxyl groups is 1. The number of fused-ring (bicyclic) bond motifs is 9. The molecule has 140 heavy (non-hydrogen) atoms. The number of H-pyrrole nitrogens is 1. The molecular weight excluding hydrogens is 1840 g/mol. The molecular formula is C95H129N21O23S. The van der Waals surface area contributed by atoms with Gasteiger partial charge < -0.3 is 125 Å². The van der Waals surface area contributed by atoms with Gasteiger partial charge in [-0.3, -0.25) is 95.9 Å². The lowest BCUT2D eigenvalue weighted by molar-refractivity contribution is -0.149. The highest BCUT2D eigenvalue weighted by atomic mass is 32.2. The molecule has 6 heterocycles. The van der Waals surface area contributed by atoms with Gasteiger partial charge in [0.05, 0.1) is 24.8 Å². The van der Waals surface area contributed by atoms with Crippen LogP contribution in [0.5, 0.6) is 5.75 Å². The number of carbonyl (C=O) groups is 18. The molecule has 0 aliphatic carbocycles. The maximum atomic E-state index is 16.3. The first-order valence-corrected chi connectivity index (χ1v) is 48.3. The summed E-state index contributed by atoms with van der Waals surface area (Å²) in [4.78, 5) is 303. The topological polar surface area (TPSA) is 635 Å². The van der Waals surface area contributed by atoms with Crippen molar-refractivity contribution in [3.8, 4) is 5.75 Å². The van der Waals surface area contributed by atoms with Gasteiger partial charge in [-0.2, -0.15) is 0 Å². The molecule has 45 heteroatoms. The SMILES string of the molecule is CCCC[C@H]1C(=O)N(C)[C@@H](CCCC)C(=O)N[C@@H](CC(C)C)C(=O)N[C@H](C(=O)NCC(N)=O)CSCC(=O)N[C@@H](Cc2ccc(O)cc2)C(=O)N(C)[C@@H](C)C(=O)N[C@@H](CC(N)=O)C(=O)N2CCC[C@H]2C(=O)N[C@H]2CNc3c(c(=O)c3=O)NCC[C@H](NC(=O)[C@H](Cc3c[nH]c4ccccc34)NC(=O)[C@@H]3C[C@@H](O)CN3C(=O)[C@H](CC(C)C)NC2=O)C(=O)N[C@@H](Cc2cn(CC(=O)O)c3ccccc23)C(=O)N1C. The Bertz CT molecular complexity index is 5660. The van der Waals surface area contributed by atoms with E-state index in [1.54, 1.807) is 82.4 Å². The van der Waals surface area contributed by atoms with Gasteiger partial charge in [0, 0.05) is 113 Å². The van der Waals surface area contributed by atoms with Gasteiger partial charge in [-0.05, 0) is 105 Å². The molecule has 2 fully saturated rings. The van der Waals surface area contributed by atoms with Gasteiger partial charge in [0.1, 0.15) is 108 Å². The molecule has 20 N–H and O–H groups in total. The van der Waals surface area contributed by atoms with Crippen LogP contribution in [0.3, 0.4) is 0 Å². The van der Waals surface area contributed by atoms with Crippen molar-refractivity contribution in [3.05, 3.63) is 122 Å². The lowest BCUT2D eigenvalue weighted by Crippen LogP contribution is -2.62. The van der Waals surface area contributed by atoms with Gasteiger partial charge in [-0.25, -0.2) is 0 Å². The number of unbranched alkanes of at least 4 members (excludes halogenated alkanes) is 2. The van der Waals surface area contributed by atoms with Crippen LogP contribution in [0.4, 0.5) is 11.4 Å². The number of thioether (sulfide) groups is 1. The number of hydrogen-bond acceptors (Lipinski definition) is 25. The number of hydrogen-bond donors (Lipinski definition) is 18. The minimum absolute atomic E-state index is 0.0333.